The Morgan fingerprint density at radius 3 is 1.76 bits per heavy atom. The van der Waals surface area contributed by atoms with E-state index in [1.165, 1.54) is 22.3 Å². The van der Waals surface area contributed by atoms with Crippen molar-refractivity contribution < 1.29 is 4.74 Å². The van der Waals surface area contributed by atoms with Gasteiger partial charge in [-0.1, -0.05) is 80.0 Å². The number of ether oxygens (including phenoxy) is 1. The highest BCUT2D eigenvalue weighted by Crippen LogP contribution is 2.51. The SMILES string of the molecule is CC(C)c1ccc(Br)cc1.Cc1c(N)cc2c(c1C)OC(C)(C)C2c1ccc(C(C)C)cc1.Cl. The largest absolute Gasteiger partial charge is 0.486 e. The van der Waals surface area contributed by atoms with Crippen molar-refractivity contribution in [1.29, 1.82) is 0 Å². The maximum absolute atomic E-state index is 6.35. The van der Waals surface area contributed by atoms with Gasteiger partial charge in [0, 0.05) is 15.7 Å². The predicted octanol–water partition coefficient (Wildman–Crippen LogP) is 9.31. The fourth-order valence-corrected chi connectivity index (χ4v) is 4.76. The van der Waals surface area contributed by atoms with Crippen LogP contribution in [0.25, 0.3) is 0 Å². The van der Waals surface area contributed by atoms with Crippen LogP contribution in [0.4, 0.5) is 5.69 Å². The summed E-state index contributed by atoms with van der Waals surface area (Å²) >= 11 is 3.39. The molecule has 4 heteroatoms. The third-order valence-corrected chi connectivity index (χ3v) is 7.28. The van der Waals surface area contributed by atoms with Crippen molar-refractivity contribution in [2.24, 2.45) is 0 Å². The second kappa shape index (κ2) is 11.2. The van der Waals surface area contributed by atoms with Crippen LogP contribution >= 0.6 is 28.3 Å². The number of benzene rings is 3. The van der Waals surface area contributed by atoms with Gasteiger partial charge >= 0.3 is 0 Å². The minimum Gasteiger partial charge on any atom is -0.486 e. The first kappa shape index (κ1) is 28.3. The topological polar surface area (TPSA) is 35.2 Å². The van der Waals surface area contributed by atoms with Crippen molar-refractivity contribution in [2.45, 2.75) is 78.7 Å². The Bertz CT molecular complexity index is 1100. The van der Waals surface area contributed by atoms with Crippen molar-refractivity contribution in [3.8, 4) is 5.75 Å². The van der Waals surface area contributed by atoms with Gasteiger partial charge in [0.15, 0.2) is 0 Å². The molecule has 0 bridgehead atoms. The summed E-state index contributed by atoms with van der Waals surface area (Å²) in [5.74, 6) is 2.40. The summed E-state index contributed by atoms with van der Waals surface area (Å²) in [5, 5.41) is 0. The van der Waals surface area contributed by atoms with E-state index in [4.69, 9.17) is 10.5 Å². The zero-order chi connectivity index (χ0) is 24.5. The summed E-state index contributed by atoms with van der Waals surface area (Å²) in [7, 11) is 0. The Morgan fingerprint density at radius 2 is 1.29 bits per heavy atom. The van der Waals surface area contributed by atoms with Gasteiger partial charge in [0.2, 0.25) is 0 Å². The van der Waals surface area contributed by atoms with Crippen molar-refractivity contribution in [3.05, 3.63) is 92.5 Å². The molecule has 0 saturated carbocycles. The summed E-state index contributed by atoms with van der Waals surface area (Å²) in [6.45, 7) is 17.3. The fourth-order valence-electron chi connectivity index (χ4n) is 4.49. The summed E-state index contributed by atoms with van der Waals surface area (Å²) in [5.41, 5.74) is 14.4. The zero-order valence-electron chi connectivity index (χ0n) is 21.7. The minimum absolute atomic E-state index is 0. The molecule has 3 aromatic rings. The highest BCUT2D eigenvalue weighted by molar-refractivity contribution is 9.10. The maximum atomic E-state index is 6.35. The van der Waals surface area contributed by atoms with Crippen LogP contribution in [0.3, 0.4) is 0 Å². The molecule has 0 fully saturated rings. The Labute approximate surface area is 220 Å². The first-order valence-electron chi connectivity index (χ1n) is 11.9. The molecule has 2 nitrogen and oxygen atoms in total. The molecule has 0 radical (unpaired) electrons. The lowest BCUT2D eigenvalue weighted by atomic mass is 9.80. The number of nitrogens with two attached hydrogens (primary N) is 1. The molecule has 1 heterocycles. The highest BCUT2D eigenvalue weighted by Gasteiger charge is 2.43. The Hall–Kier alpha value is -1.97. The molecule has 0 aromatic heterocycles. The van der Waals surface area contributed by atoms with Gasteiger partial charge in [-0.3, -0.25) is 0 Å². The Morgan fingerprint density at radius 1 is 0.824 bits per heavy atom. The van der Waals surface area contributed by atoms with E-state index in [-0.39, 0.29) is 23.9 Å². The second-order valence-electron chi connectivity index (χ2n) is 10.3. The van der Waals surface area contributed by atoms with Crippen molar-refractivity contribution in [2.75, 3.05) is 5.73 Å². The zero-order valence-corrected chi connectivity index (χ0v) is 24.1. The molecule has 1 aliphatic heterocycles. The number of nitrogen functional groups attached to an aromatic ring is 1. The van der Waals surface area contributed by atoms with Crippen LogP contribution in [0.15, 0.2) is 59.1 Å². The van der Waals surface area contributed by atoms with E-state index < -0.39 is 0 Å². The molecule has 4 rings (SSSR count). The van der Waals surface area contributed by atoms with E-state index in [0.717, 1.165) is 27.0 Å². The third-order valence-electron chi connectivity index (χ3n) is 6.75. The molecule has 0 spiro atoms. The quantitative estimate of drug-likeness (QED) is 0.333. The number of hydrogen-bond acceptors (Lipinski definition) is 2. The molecular formula is C30H39BrClNO. The summed E-state index contributed by atoms with van der Waals surface area (Å²) in [6.07, 6.45) is 0. The third kappa shape index (κ3) is 5.98. The monoisotopic (exact) mass is 543 g/mol. The van der Waals surface area contributed by atoms with E-state index in [9.17, 15) is 0 Å². The molecule has 3 aromatic carbocycles. The molecule has 0 amide bonds. The second-order valence-corrected chi connectivity index (χ2v) is 11.2. The first-order valence-corrected chi connectivity index (χ1v) is 12.7. The van der Waals surface area contributed by atoms with Gasteiger partial charge in [0.25, 0.3) is 0 Å². The van der Waals surface area contributed by atoms with Crippen molar-refractivity contribution in [1.82, 2.24) is 0 Å². The molecule has 1 atom stereocenters. The van der Waals surface area contributed by atoms with Gasteiger partial charge in [0.05, 0.1) is 5.92 Å². The summed E-state index contributed by atoms with van der Waals surface area (Å²) in [6, 6.07) is 19.5. The van der Waals surface area contributed by atoms with E-state index in [1.807, 2.05) is 0 Å². The van der Waals surface area contributed by atoms with Gasteiger partial charge in [-0.05, 0) is 85.5 Å². The van der Waals surface area contributed by atoms with Crippen LogP contribution in [0.1, 0.15) is 92.7 Å². The van der Waals surface area contributed by atoms with E-state index in [1.54, 1.807) is 0 Å². The van der Waals surface area contributed by atoms with E-state index in [2.05, 4.69) is 126 Å². The van der Waals surface area contributed by atoms with Gasteiger partial charge in [-0.25, -0.2) is 0 Å². The molecule has 184 valence electrons. The maximum Gasteiger partial charge on any atom is 0.127 e. The average molecular weight is 545 g/mol. The van der Waals surface area contributed by atoms with Crippen LogP contribution in [-0.4, -0.2) is 5.60 Å². The van der Waals surface area contributed by atoms with Crippen LogP contribution in [0, 0.1) is 13.8 Å². The van der Waals surface area contributed by atoms with Crippen LogP contribution in [-0.2, 0) is 0 Å². The summed E-state index contributed by atoms with van der Waals surface area (Å²) < 4.78 is 7.50. The van der Waals surface area contributed by atoms with Crippen LogP contribution < -0.4 is 10.5 Å². The Balaban J connectivity index is 0.000000314. The standard InChI is InChI=1S/C21H27NO.C9H11Br.ClH/c1-12(2)15-7-9-16(10-8-15)19-17-11-18(22)13(3)14(4)20(17)23-21(19,5)6;1-7(2)8-3-5-9(10)6-4-8;/h7-12,19H,22H2,1-6H3;3-7H,1-2H3;1H. The number of fused-ring (bicyclic) bond motifs is 1. The van der Waals surface area contributed by atoms with E-state index in [0.29, 0.717) is 11.8 Å². The molecule has 1 aliphatic rings. The van der Waals surface area contributed by atoms with Crippen molar-refractivity contribution >= 4 is 34.0 Å². The number of anilines is 1. The lowest BCUT2D eigenvalue weighted by Crippen LogP contribution is -2.31. The van der Waals surface area contributed by atoms with Gasteiger partial charge in [0.1, 0.15) is 11.4 Å². The molecule has 1 unspecified atom stereocenters. The lowest BCUT2D eigenvalue weighted by molar-refractivity contribution is 0.121. The molecule has 2 N–H and O–H groups in total. The minimum atomic E-state index is -0.271. The average Bonchev–Trinajstić information content (AvgIpc) is 3.03. The number of halogens is 2. The van der Waals surface area contributed by atoms with Crippen LogP contribution in [0.2, 0.25) is 0 Å². The smallest absolute Gasteiger partial charge is 0.127 e. The fraction of sp³-hybridized carbons (Fsp3) is 0.400. The van der Waals surface area contributed by atoms with Gasteiger partial charge in [-0.15, -0.1) is 12.4 Å². The number of rotatable bonds is 3. The molecular weight excluding hydrogens is 506 g/mol. The summed E-state index contributed by atoms with van der Waals surface area (Å²) in [4.78, 5) is 0. The predicted molar refractivity (Wildman–Crippen MR) is 153 cm³/mol. The molecule has 0 aliphatic carbocycles. The van der Waals surface area contributed by atoms with E-state index >= 15 is 0 Å². The molecule has 0 saturated heterocycles. The number of hydrogen-bond donors (Lipinski definition) is 1. The van der Waals surface area contributed by atoms with Crippen LogP contribution in [0.5, 0.6) is 5.75 Å². The molecule has 34 heavy (non-hydrogen) atoms. The van der Waals surface area contributed by atoms with Crippen molar-refractivity contribution in [3.63, 3.8) is 0 Å². The highest BCUT2D eigenvalue weighted by atomic mass is 79.9. The lowest BCUT2D eigenvalue weighted by Gasteiger charge is -2.27. The normalized spacial score (nSPS) is 15.8. The Kier molecular flexibility index (Phi) is 9.30. The van der Waals surface area contributed by atoms with Gasteiger partial charge in [-0.2, -0.15) is 0 Å². The first-order chi connectivity index (χ1) is 15.4. The van der Waals surface area contributed by atoms with Gasteiger partial charge < -0.3 is 10.5 Å².